The maximum Gasteiger partial charge on any atom is 0.354 e. The summed E-state index contributed by atoms with van der Waals surface area (Å²) < 4.78 is 5.42. The maximum absolute atomic E-state index is 13.7. The van der Waals surface area contributed by atoms with Crippen LogP contribution < -0.4 is 10.6 Å². The average Bonchev–Trinajstić information content (AvgIpc) is 2.93. The van der Waals surface area contributed by atoms with Crippen LogP contribution in [-0.2, 0) is 30.3 Å². The first-order chi connectivity index (χ1) is 18.8. The standard InChI is InChI=1S/C30H42N4O5/c1-22(2)27-28(36)31-25(21-23-15-10-9-11-16-23)29(37)34-19-14-17-24(33-34)30(38)39-20-13-8-6-4-3-5-7-12-18-26(35)32-27/h3-4,9-11,15-16,22,25,27H,5-8,12-14,17-21H2,1-2H3,(H,31,36)(H,32,35)/b4-3+/t25-,27-/m0/s1. The quantitative estimate of drug-likeness (QED) is 0.450. The van der Waals surface area contributed by atoms with Crippen LogP contribution in [0.3, 0.4) is 0 Å². The zero-order chi connectivity index (χ0) is 28.0. The van der Waals surface area contributed by atoms with Crippen LogP contribution in [0.4, 0.5) is 0 Å². The number of hydrazone groups is 1. The molecule has 9 nitrogen and oxygen atoms in total. The number of allylic oxidation sites excluding steroid dienone is 2. The number of fused-ring (bicyclic) bond motifs is 1. The van der Waals surface area contributed by atoms with Crippen LogP contribution in [0.25, 0.3) is 0 Å². The van der Waals surface area contributed by atoms with E-state index in [9.17, 15) is 19.2 Å². The summed E-state index contributed by atoms with van der Waals surface area (Å²) in [5, 5.41) is 11.4. The first-order valence-electron chi connectivity index (χ1n) is 14.2. The molecule has 0 saturated carbocycles. The van der Waals surface area contributed by atoms with E-state index in [0.717, 1.165) is 44.1 Å². The molecule has 3 rings (SSSR count). The molecule has 2 atom stereocenters. The van der Waals surface area contributed by atoms with Crippen molar-refractivity contribution in [2.24, 2.45) is 11.0 Å². The smallest absolute Gasteiger partial charge is 0.354 e. The van der Waals surface area contributed by atoms with E-state index >= 15 is 0 Å². The highest BCUT2D eigenvalue weighted by Gasteiger charge is 2.33. The van der Waals surface area contributed by atoms with E-state index in [-0.39, 0.29) is 24.0 Å². The van der Waals surface area contributed by atoms with Gasteiger partial charge in [0.05, 0.1) is 6.61 Å². The first kappa shape index (κ1) is 30.1. The van der Waals surface area contributed by atoms with E-state index in [1.165, 1.54) is 5.01 Å². The predicted octanol–water partition coefficient (Wildman–Crippen LogP) is 3.68. The van der Waals surface area contributed by atoms with E-state index in [1.54, 1.807) is 0 Å². The van der Waals surface area contributed by atoms with Crippen LogP contribution in [0.5, 0.6) is 0 Å². The SMILES string of the molecule is CC(C)[C@@H]1NC(=O)CCCC/C=C/CCCCOC(=O)C2=NN(CCC2)C(=O)[C@H](Cc2ccccc2)NC1=O. The van der Waals surface area contributed by atoms with Gasteiger partial charge in [0.25, 0.3) is 5.91 Å². The normalized spacial score (nSPS) is 24.0. The summed E-state index contributed by atoms with van der Waals surface area (Å²) >= 11 is 0. The molecule has 9 heteroatoms. The van der Waals surface area contributed by atoms with Crippen molar-refractivity contribution in [3.8, 4) is 0 Å². The first-order valence-corrected chi connectivity index (χ1v) is 14.2. The molecule has 0 saturated heterocycles. The number of carbonyl (C=O) groups excluding carboxylic acids is 4. The molecular weight excluding hydrogens is 496 g/mol. The number of carbonyl (C=O) groups is 4. The number of nitrogens with one attached hydrogen (secondary N) is 2. The molecule has 0 unspecified atom stereocenters. The highest BCUT2D eigenvalue weighted by atomic mass is 16.5. The summed E-state index contributed by atoms with van der Waals surface area (Å²) in [6.07, 6.45) is 10.9. The van der Waals surface area contributed by atoms with Crippen molar-refractivity contribution < 1.29 is 23.9 Å². The lowest BCUT2D eigenvalue weighted by Gasteiger charge is -2.29. The molecule has 0 aromatic heterocycles. The van der Waals surface area contributed by atoms with Gasteiger partial charge in [-0.2, -0.15) is 5.10 Å². The van der Waals surface area contributed by atoms with Gasteiger partial charge in [0, 0.05) is 25.8 Å². The molecule has 2 N–H and O–H groups in total. The molecule has 1 aromatic carbocycles. The van der Waals surface area contributed by atoms with E-state index in [0.29, 0.717) is 32.4 Å². The Hall–Kier alpha value is -3.49. The zero-order valence-corrected chi connectivity index (χ0v) is 23.2. The van der Waals surface area contributed by atoms with Gasteiger partial charge in [-0.3, -0.25) is 14.4 Å². The molecule has 0 spiro atoms. The lowest BCUT2D eigenvalue weighted by atomic mass is 10.0. The minimum absolute atomic E-state index is 0.176. The number of hydrogen-bond acceptors (Lipinski definition) is 6. The number of esters is 1. The van der Waals surface area contributed by atoms with Gasteiger partial charge in [0.1, 0.15) is 17.8 Å². The minimum Gasteiger partial charge on any atom is -0.461 e. The highest BCUT2D eigenvalue weighted by molar-refractivity contribution is 6.36. The van der Waals surface area contributed by atoms with Crippen molar-refractivity contribution in [3.05, 3.63) is 48.0 Å². The molecule has 212 valence electrons. The van der Waals surface area contributed by atoms with Crippen molar-refractivity contribution in [3.63, 3.8) is 0 Å². The van der Waals surface area contributed by atoms with Crippen molar-refractivity contribution in [2.75, 3.05) is 13.2 Å². The lowest BCUT2D eigenvalue weighted by Crippen LogP contribution is -2.56. The molecule has 2 aliphatic heterocycles. The molecule has 0 fully saturated rings. The van der Waals surface area contributed by atoms with E-state index in [2.05, 4.69) is 27.9 Å². The van der Waals surface area contributed by atoms with Crippen LogP contribution in [0, 0.1) is 5.92 Å². The Morgan fingerprint density at radius 1 is 0.923 bits per heavy atom. The summed E-state index contributed by atoms with van der Waals surface area (Å²) in [6, 6.07) is 7.71. The fourth-order valence-corrected chi connectivity index (χ4v) is 4.61. The van der Waals surface area contributed by atoms with Gasteiger partial charge >= 0.3 is 5.97 Å². The second-order valence-electron chi connectivity index (χ2n) is 10.5. The largest absolute Gasteiger partial charge is 0.461 e. The second kappa shape index (κ2) is 15.8. The Morgan fingerprint density at radius 3 is 2.36 bits per heavy atom. The Morgan fingerprint density at radius 2 is 1.64 bits per heavy atom. The van der Waals surface area contributed by atoms with Crippen molar-refractivity contribution in [1.82, 2.24) is 15.6 Å². The van der Waals surface area contributed by atoms with Crippen LogP contribution in [-0.4, -0.2) is 59.6 Å². The molecule has 39 heavy (non-hydrogen) atoms. The maximum atomic E-state index is 13.7. The van der Waals surface area contributed by atoms with Gasteiger partial charge in [0.15, 0.2) is 0 Å². The molecule has 1 aromatic rings. The summed E-state index contributed by atoms with van der Waals surface area (Å²) in [6.45, 7) is 4.37. The van der Waals surface area contributed by atoms with Crippen LogP contribution in [0.1, 0.15) is 77.2 Å². The minimum atomic E-state index is -0.915. The number of ether oxygens (including phenoxy) is 1. The van der Waals surface area contributed by atoms with Gasteiger partial charge in [0.2, 0.25) is 11.8 Å². The number of benzene rings is 1. The van der Waals surface area contributed by atoms with Gasteiger partial charge in [-0.05, 0) is 56.4 Å². The summed E-state index contributed by atoms with van der Waals surface area (Å²) in [7, 11) is 0. The summed E-state index contributed by atoms with van der Waals surface area (Å²) in [5.74, 6) is -1.68. The van der Waals surface area contributed by atoms with Crippen LogP contribution in [0.2, 0.25) is 0 Å². The Balaban J connectivity index is 1.83. The third-order valence-electron chi connectivity index (χ3n) is 6.87. The predicted molar refractivity (Wildman–Crippen MR) is 150 cm³/mol. The van der Waals surface area contributed by atoms with E-state index in [4.69, 9.17) is 4.74 Å². The van der Waals surface area contributed by atoms with Gasteiger partial charge in [-0.15, -0.1) is 0 Å². The molecule has 0 aliphatic carbocycles. The molecule has 2 aliphatic rings. The monoisotopic (exact) mass is 538 g/mol. The fourth-order valence-electron chi connectivity index (χ4n) is 4.61. The summed E-state index contributed by atoms with van der Waals surface area (Å²) in [4.78, 5) is 52.4. The zero-order valence-electron chi connectivity index (χ0n) is 23.2. The van der Waals surface area contributed by atoms with Crippen molar-refractivity contribution in [1.29, 1.82) is 0 Å². The Bertz CT molecular complexity index is 1040. The van der Waals surface area contributed by atoms with Crippen LogP contribution in [0.15, 0.2) is 47.6 Å². The number of hydrogen-bond donors (Lipinski definition) is 2. The van der Waals surface area contributed by atoms with E-state index < -0.39 is 29.9 Å². The third-order valence-corrected chi connectivity index (χ3v) is 6.87. The third kappa shape index (κ3) is 9.96. The number of cyclic esters (lactones) is 1. The van der Waals surface area contributed by atoms with Gasteiger partial charge in [-0.25, -0.2) is 9.80 Å². The molecule has 2 bridgehead atoms. The summed E-state index contributed by atoms with van der Waals surface area (Å²) in [5.41, 5.74) is 1.09. The fraction of sp³-hybridized carbons (Fsp3) is 0.567. The Kier molecular flexibility index (Phi) is 12.2. The van der Waals surface area contributed by atoms with Crippen LogP contribution >= 0.6 is 0 Å². The van der Waals surface area contributed by atoms with Crippen molar-refractivity contribution >= 4 is 29.4 Å². The second-order valence-corrected chi connectivity index (χ2v) is 10.5. The Labute approximate surface area is 231 Å². The van der Waals surface area contributed by atoms with Gasteiger partial charge in [-0.1, -0.05) is 56.3 Å². The molecule has 2 heterocycles. The lowest BCUT2D eigenvalue weighted by molar-refractivity contribution is -0.138. The highest BCUT2D eigenvalue weighted by Crippen LogP contribution is 2.15. The van der Waals surface area contributed by atoms with E-state index in [1.807, 2.05) is 44.2 Å². The number of nitrogens with zero attached hydrogens (tertiary/aromatic N) is 2. The number of rotatable bonds is 3. The molecule has 0 radical (unpaired) electrons. The molecule has 3 amide bonds. The molecular formula is C30H42N4O5. The topological polar surface area (TPSA) is 117 Å². The van der Waals surface area contributed by atoms with Crippen molar-refractivity contribution in [2.45, 2.75) is 90.1 Å². The average molecular weight is 539 g/mol. The van der Waals surface area contributed by atoms with Gasteiger partial charge < -0.3 is 15.4 Å². The number of amides is 3.